The summed E-state index contributed by atoms with van der Waals surface area (Å²) in [6.07, 6.45) is 1.45. The first kappa shape index (κ1) is 19.7. The molecule has 5 heteroatoms. The van der Waals surface area contributed by atoms with Crippen molar-refractivity contribution in [3.8, 4) is 22.6 Å². The van der Waals surface area contributed by atoms with Gasteiger partial charge in [-0.2, -0.15) is 0 Å². The molecule has 1 heterocycles. The Labute approximate surface area is 174 Å². The van der Waals surface area contributed by atoms with Crippen molar-refractivity contribution in [2.24, 2.45) is 0 Å². The van der Waals surface area contributed by atoms with Gasteiger partial charge in [0.1, 0.15) is 23.3 Å². The quantitative estimate of drug-likeness (QED) is 0.503. The Morgan fingerprint density at radius 1 is 0.933 bits per heavy atom. The molecule has 30 heavy (non-hydrogen) atoms. The van der Waals surface area contributed by atoms with Crippen LogP contribution in [0.3, 0.4) is 0 Å². The topological polar surface area (TPSA) is 62.9 Å². The van der Waals surface area contributed by atoms with Gasteiger partial charge in [-0.15, -0.1) is 0 Å². The predicted octanol–water partition coefficient (Wildman–Crippen LogP) is 4.81. The maximum Gasteiger partial charge on any atom is 0.200 e. The Kier molecular flexibility index (Phi) is 5.55. The fourth-order valence-electron chi connectivity index (χ4n) is 3.67. The zero-order chi connectivity index (χ0) is 21.1. The minimum absolute atomic E-state index is 0.107. The molecule has 1 aromatic heterocycles. The van der Waals surface area contributed by atoms with Crippen LogP contribution in [0, 0.1) is 0 Å². The maximum absolute atomic E-state index is 13.2. The van der Waals surface area contributed by atoms with E-state index in [0.717, 1.165) is 0 Å². The lowest BCUT2D eigenvalue weighted by Gasteiger charge is -2.18. The summed E-state index contributed by atoms with van der Waals surface area (Å²) in [5, 5.41) is 10.9. The molecular formula is C25H23NO4. The van der Waals surface area contributed by atoms with Gasteiger partial charge in [0.05, 0.1) is 23.6 Å². The van der Waals surface area contributed by atoms with E-state index in [1.165, 1.54) is 11.8 Å². The number of phenolic OH excluding ortho intramolecular Hbond substituents is 1. The summed E-state index contributed by atoms with van der Waals surface area (Å²) in [7, 11) is 3.53. The molecule has 0 aliphatic heterocycles. The molecule has 0 saturated heterocycles. The minimum atomic E-state index is -0.160. The smallest absolute Gasteiger partial charge is 0.200 e. The molecule has 1 N–H and O–H groups in total. The number of rotatable bonds is 6. The van der Waals surface area contributed by atoms with Crippen LogP contribution in [0.15, 0.2) is 82.2 Å². The molecule has 0 fully saturated rings. The third-order valence-electron chi connectivity index (χ3n) is 5.14. The van der Waals surface area contributed by atoms with E-state index in [1.807, 2.05) is 43.4 Å². The maximum atomic E-state index is 13.2. The summed E-state index contributed by atoms with van der Waals surface area (Å²) in [6, 6.07) is 20.6. The van der Waals surface area contributed by atoms with E-state index in [4.69, 9.17) is 9.15 Å². The van der Waals surface area contributed by atoms with E-state index >= 15 is 0 Å². The average molecular weight is 401 g/mol. The Morgan fingerprint density at radius 2 is 1.67 bits per heavy atom. The van der Waals surface area contributed by atoms with E-state index in [1.54, 1.807) is 25.3 Å². The second-order valence-corrected chi connectivity index (χ2v) is 7.28. The Hall–Kier alpha value is -3.57. The van der Waals surface area contributed by atoms with E-state index < -0.39 is 0 Å². The van der Waals surface area contributed by atoms with Gasteiger partial charge < -0.3 is 14.3 Å². The molecule has 0 bridgehead atoms. The summed E-state index contributed by atoms with van der Waals surface area (Å²) in [6.45, 7) is 1.15. The molecule has 152 valence electrons. The lowest BCUT2D eigenvalue weighted by Crippen LogP contribution is -2.18. The van der Waals surface area contributed by atoms with Gasteiger partial charge in [0, 0.05) is 18.7 Å². The summed E-state index contributed by atoms with van der Waals surface area (Å²) in [5.74, 6) is 0.710. The largest absolute Gasteiger partial charge is 0.507 e. The first-order chi connectivity index (χ1) is 14.6. The summed E-state index contributed by atoms with van der Waals surface area (Å²) >= 11 is 0. The molecule has 4 aromatic rings. The molecule has 0 aliphatic rings. The van der Waals surface area contributed by atoms with Gasteiger partial charge in [0.15, 0.2) is 0 Å². The van der Waals surface area contributed by atoms with Gasteiger partial charge in [-0.3, -0.25) is 9.69 Å². The van der Waals surface area contributed by atoms with Crippen molar-refractivity contribution in [2.75, 3.05) is 14.2 Å². The number of fused-ring (bicyclic) bond motifs is 1. The average Bonchev–Trinajstić information content (AvgIpc) is 2.76. The van der Waals surface area contributed by atoms with E-state index in [9.17, 15) is 9.90 Å². The van der Waals surface area contributed by atoms with E-state index in [0.29, 0.717) is 46.5 Å². The molecular weight excluding hydrogens is 378 g/mol. The lowest BCUT2D eigenvalue weighted by molar-refractivity contribution is 0.312. The van der Waals surface area contributed by atoms with Gasteiger partial charge in [-0.1, -0.05) is 48.5 Å². The zero-order valence-electron chi connectivity index (χ0n) is 17.0. The summed E-state index contributed by atoms with van der Waals surface area (Å²) in [4.78, 5) is 15.3. The number of methoxy groups -OCH3 is 1. The molecule has 0 aliphatic carbocycles. The second kappa shape index (κ2) is 8.43. The van der Waals surface area contributed by atoms with Crippen LogP contribution in [-0.2, 0) is 13.1 Å². The Bertz CT molecular complexity index is 1230. The van der Waals surface area contributed by atoms with Crippen LogP contribution in [0.2, 0.25) is 0 Å². The van der Waals surface area contributed by atoms with Crippen LogP contribution in [0.4, 0.5) is 0 Å². The van der Waals surface area contributed by atoms with Crippen LogP contribution >= 0.6 is 0 Å². The minimum Gasteiger partial charge on any atom is -0.507 e. The van der Waals surface area contributed by atoms with Crippen molar-refractivity contribution in [1.82, 2.24) is 4.90 Å². The van der Waals surface area contributed by atoms with Gasteiger partial charge in [0.2, 0.25) is 5.43 Å². The van der Waals surface area contributed by atoms with Gasteiger partial charge in [0.25, 0.3) is 0 Å². The van der Waals surface area contributed by atoms with Crippen LogP contribution < -0.4 is 10.2 Å². The number of benzene rings is 3. The first-order valence-electron chi connectivity index (χ1n) is 9.70. The van der Waals surface area contributed by atoms with Crippen LogP contribution in [-0.4, -0.2) is 24.2 Å². The van der Waals surface area contributed by atoms with Gasteiger partial charge in [-0.25, -0.2) is 0 Å². The van der Waals surface area contributed by atoms with Crippen molar-refractivity contribution in [1.29, 1.82) is 0 Å². The van der Waals surface area contributed by atoms with Crippen molar-refractivity contribution < 1.29 is 14.3 Å². The molecule has 0 saturated carbocycles. The van der Waals surface area contributed by atoms with Crippen molar-refractivity contribution in [3.05, 3.63) is 94.3 Å². The highest BCUT2D eigenvalue weighted by molar-refractivity contribution is 5.86. The number of hydrogen-bond donors (Lipinski definition) is 1. The third-order valence-corrected chi connectivity index (χ3v) is 5.14. The van der Waals surface area contributed by atoms with E-state index in [-0.39, 0.29) is 11.2 Å². The molecule has 0 amide bonds. The van der Waals surface area contributed by atoms with Crippen molar-refractivity contribution in [2.45, 2.75) is 13.1 Å². The number of phenols is 1. The first-order valence-corrected chi connectivity index (χ1v) is 9.70. The summed E-state index contributed by atoms with van der Waals surface area (Å²) in [5.41, 5.74) is 3.10. The number of nitrogens with zero attached hydrogens (tertiary/aromatic N) is 1. The van der Waals surface area contributed by atoms with Gasteiger partial charge >= 0.3 is 0 Å². The molecule has 0 unspecified atom stereocenters. The normalized spacial score (nSPS) is 11.2. The molecule has 0 atom stereocenters. The Balaban J connectivity index is 1.74. The highest BCUT2D eigenvalue weighted by Gasteiger charge is 2.18. The number of para-hydroxylation sites is 1. The van der Waals surface area contributed by atoms with Crippen LogP contribution in [0.5, 0.6) is 11.5 Å². The molecule has 0 radical (unpaired) electrons. The standard InChI is InChI=1S/C25H23NO4/c1-26(14-17-8-4-3-5-9-17)15-20-22(27)13-12-19-24(28)21(16-30-25(19)20)18-10-6-7-11-23(18)29-2/h3-13,16,27H,14-15H2,1-2H3. The fraction of sp³-hybridized carbons (Fsp3) is 0.160. The lowest BCUT2D eigenvalue weighted by atomic mass is 10.0. The Morgan fingerprint density at radius 3 is 2.43 bits per heavy atom. The molecule has 5 nitrogen and oxygen atoms in total. The van der Waals surface area contributed by atoms with Crippen LogP contribution in [0.25, 0.3) is 22.1 Å². The molecule has 0 spiro atoms. The highest BCUT2D eigenvalue weighted by Crippen LogP contribution is 2.32. The molecule has 3 aromatic carbocycles. The highest BCUT2D eigenvalue weighted by atomic mass is 16.5. The predicted molar refractivity (Wildman–Crippen MR) is 118 cm³/mol. The second-order valence-electron chi connectivity index (χ2n) is 7.28. The van der Waals surface area contributed by atoms with Crippen molar-refractivity contribution >= 4 is 11.0 Å². The summed E-state index contributed by atoms with van der Waals surface area (Å²) < 4.78 is 11.3. The van der Waals surface area contributed by atoms with Crippen molar-refractivity contribution in [3.63, 3.8) is 0 Å². The number of aromatic hydroxyl groups is 1. The number of ether oxygens (including phenoxy) is 1. The fourth-order valence-corrected chi connectivity index (χ4v) is 3.67. The monoisotopic (exact) mass is 401 g/mol. The number of hydrogen-bond acceptors (Lipinski definition) is 5. The SMILES string of the molecule is COc1ccccc1-c1coc2c(CN(C)Cc3ccccc3)c(O)ccc2c1=O. The third kappa shape index (κ3) is 3.80. The van der Waals surface area contributed by atoms with E-state index in [2.05, 4.69) is 17.0 Å². The molecule has 4 rings (SSSR count). The van der Waals surface area contributed by atoms with Crippen LogP contribution in [0.1, 0.15) is 11.1 Å². The zero-order valence-corrected chi connectivity index (χ0v) is 17.0. The van der Waals surface area contributed by atoms with Gasteiger partial charge in [-0.05, 0) is 30.8 Å².